The molecule has 32 heavy (non-hydrogen) atoms. The van der Waals surface area contributed by atoms with Gasteiger partial charge in [-0.3, -0.25) is 9.79 Å². The summed E-state index contributed by atoms with van der Waals surface area (Å²) in [6.45, 7) is 10.9. The van der Waals surface area contributed by atoms with Crippen LogP contribution in [0.3, 0.4) is 0 Å². The highest BCUT2D eigenvalue weighted by molar-refractivity contribution is 5.91. The number of likely N-dealkylation sites (N-methyl/N-ethyl adjacent to an activating group) is 1. The van der Waals surface area contributed by atoms with Gasteiger partial charge in [0.25, 0.3) is 5.91 Å². The number of furan rings is 1. The molecule has 2 fully saturated rings. The van der Waals surface area contributed by atoms with Gasteiger partial charge in [0.2, 0.25) is 0 Å². The molecule has 1 amide bonds. The number of nitrogens with zero attached hydrogens (tertiary/aromatic N) is 6. The summed E-state index contributed by atoms with van der Waals surface area (Å²) in [5, 5.41) is 3.47. The lowest BCUT2D eigenvalue weighted by atomic mass is 10.2. The van der Waals surface area contributed by atoms with E-state index in [1.54, 1.807) is 19.2 Å². The standard InChI is InChI=1S/C23H33N7O2/c1-3-27-8-10-28(11-9-27)21-17-19(6-7-25-21)18-26-23(24-2)30-14-12-29(13-15-30)22(31)20-5-4-16-32-20/h4-7,16-17H,3,8-15,18H2,1-2H3,(H,24,26). The summed E-state index contributed by atoms with van der Waals surface area (Å²) in [5.41, 5.74) is 1.18. The third-order valence-electron chi connectivity index (χ3n) is 6.21. The summed E-state index contributed by atoms with van der Waals surface area (Å²) in [6, 6.07) is 7.67. The monoisotopic (exact) mass is 439 g/mol. The van der Waals surface area contributed by atoms with E-state index in [2.05, 4.69) is 43.0 Å². The first-order chi connectivity index (χ1) is 15.7. The third kappa shape index (κ3) is 5.21. The van der Waals surface area contributed by atoms with Crippen molar-refractivity contribution in [2.45, 2.75) is 13.5 Å². The highest BCUT2D eigenvalue weighted by atomic mass is 16.3. The molecule has 4 heterocycles. The van der Waals surface area contributed by atoms with Crippen LogP contribution in [0.1, 0.15) is 23.0 Å². The Morgan fingerprint density at radius 3 is 2.50 bits per heavy atom. The number of anilines is 1. The third-order valence-corrected chi connectivity index (χ3v) is 6.21. The van der Waals surface area contributed by atoms with Crippen molar-refractivity contribution >= 4 is 17.7 Å². The minimum absolute atomic E-state index is 0.0540. The largest absolute Gasteiger partial charge is 0.459 e. The molecule has 0 aromatic carbocycles. The number of amides is 1. The fraction of sp³-hybridized carbons (Fsp3) is 0.522. The molecule has 2 aromatic heterocycles. The second-order valence-electron chi connectivity index (χ2n) is 8.10. The number of hydrogen-bond donors (Lipinski definition) is 1. The van der Waals surface area contributed by atoms with Gasteiger partial charge in [-0.1, -0.05) is 6.92 Å². The van der Waals surface area contributed by atoms with Crippen LogP contribution in [0.15, 0.2) is 46.1 Å². The van der Waals surface area contributed by atoms with E-state index in [9.17, 15) is 4.79 Å². The SMILES string of the molecule is CCN1CCN(c2cc(CNC(=NC)N3CCN(C(=O)c4ccco4)CC3)ccn2)CC1. The lowest BCUT2D eigenvalue weighted by Gasteiger charge is -2.36. The van der Waals surface area contributed by atoms with Gasteiger partial charge in [0.15, 0.2) is 11.7 Å². The predicted molar refractivity (Wildman–Crippen MR) is 125 cm³/mol. The number of guanidine groups is 1. The van der Waals surface area contributed by atoms with Gasteiger partial charge in [0.1, 0.15) is 5.82 Å². The highest BCUT2D eigenvalue weighted by Gasteiger charge is 2.25. The molecule has 9 nitrogen and oxygen atoms in total. The van der Waals surface area contributed by atoms with Crippen LogP contribution in [0, 0.1) is 0 Å². The van der Waals surface area contributed by atoms with Gasteiger partial charge in [-0.25, -0.2) is 4.98 Å². The van der Waals surface area contributed by atoms with Crippen LogP contribution in [-0.2, 0) is 6.54 Å². The average Bonchev–Trinajstić information content (AvgIpc) is 3.40. The number of hydrogen-bond acceptors (Lipinski definition) is 6. The van der Waals surface area contributed by atoms with Crippen LogP contribution in [-0.4, -0.2) is 97.5 Å². The number of rotatable bonds is 5. The summed E-state index contributed by atoms with van der Waals surface area (Å²) < 4.78 is 5.24. The Bertz CT molecular complexity index is 899. The first-order valence-electron chi connectivity index (χ1n) is 11.4. The molecular formula is C23H33N7O2. The molecule has 9 heteroatoms. The minimum Gasteiger partial charge on any atom is -0.459 e. The molecule has 0 saturated carbocycles. The van der Waals surface area contributed by atoms with Crippen molar-refractivity contribution < 1.29 is 9.21 Å². The van der Waals surface area contributed by atoms with Crippen molar-refractivity contribution in [3.63, 3.8) is 0 Å². The van der Waals surface area contributed by atoms with Gasteiger partial charge >= 0.3 is 0 Å². The Hall–Kier alpha value is -3.07. The number of aliphatic imine (C=N–C) groups is 1. The Morgan fingerprint density at radius 2 is 1.84 bits per heavy atom. The minimum atomic E-state index is -0.0540. The number of aromatic nitrogens is 1. The number of piperazine rings is 2. The molecule has 0 atom stereocenters. The molecule has 4 rings (SSSR count). The Kier molecular flexibility index (Phi) is 7.26. The summed E-state index contributed by atoms with van der Waals surface area (Å²) in [4.78, 5) is 30.4. The van der Waals surface area contributed by atoms with Crippen LogP contribution in [0.2, 0.25) is 0 Å². The fourth-order valence-corrected chi connectivity index (χ4v) is 4.23. The summed E-state index contributed by atoms with van der Waals surface area (Å²) in [6.07, 6.45) is 3.42. The molecule has 2 saturated heterocycles. The van der Waals surface area contributed by atoms with E-state index in [0.29, 0.717) is 25.4 Å². The molecule has 0 spiro atoms. The van der Waals surface area contributed by atoms with Crippen LogP contribution >= 0.6 is 0 Å². The molecule has 1 N–H and O–H groups in total. The summed E-state index contributed by atoms with van der Waals surface area (Å²) in [7, 11) is 1.80. The zero-order chi connectivity index (χ0) is 22.3. The van der Waals surface area contributed by atoms with Gasteiger partial charge in [-0.05, 0) is 36.4 Å². The molecule has 0 bridgehead atoms. The van der Waals surface area contributed by atoms with E-state index in [1.165, 1.54) is 11.8 Å². The molecular weight excluding hydrogens is 406 g/mol. The zero-order valence-corrected chi connectivity index (χ0v) is 19.0. The van der Waals surface area contributed by atoms with Crippen LogP contribution in [0.5, 0.6) is 0 Å². The number of carbonyl (C=O) groups is 1. The van der Waals surface area contributed by atoms with Gasteiger partial charge < -0.3 is 29.3 Å². The molecule has 0 radical (unpaired) electrons. The summed E-state index contributed by atoms with van der Waals surface area (Å²) >= 11 is 0. The number of nitrogens with one attached hydrogen (secondary N) is 1. The highest BCUT2D eigenvalue weighted by Crippen LogP contribution is 2.15. The molecule has 2 aromatic rings. The van der Waals surface area contributed by atoms with E-state index >= 15 is 0 Å². The van der Waals surface area contributed by atoms with E-state index in [4.69, 9.17) is 4.42 Å². The Labute approximate surface area is 189 Å². The topological polar surface area (TPSA) is 80.5 Å². The van der Waals surface area contributed by atoms with Crippen LogP contribution in [0.4, 0.5) is 5.82 Å². The summed E-state index contributed by atoms with van der Waals surface area (Å²) in [5.74, 6) is 2.23. The van der Waals surface area contributed by atoms with Crippen molar-refractivity contribution in [1.82, 2.24) is 25.0 Å². The van der Waals surface area contributed by atoms with Gasteiger partial charge in [0, 0.05) is 72.1 Å². The predicted octanol–water partition coefficient (Wildman–Crippen LogP) is 1.35. The fourth-order valence-electron chi connectivity index (χ4n) is 4.23. The van der Waals surface area contributed by atoms with Crippen LogP contribution in [0.25, 0.3) is 0 Å². The van der Waals surface area contributed by atoms with E-state index in [0.717, 1.165) is 57.6 Å². The van der Waals surface area contributed by atoms with Crippen molar-refractivity contribution in [2.24, 2.45) is 4.99 Å². The van der Waals surface area contributed by atoms with Crippen molar-refractivity contribution in [1.29, 1.82) is 0 Å². The maximum atomic E-state index is 12.5. The normalized spacial score (nSPS) is 18.2. The van der Waals surface area contributed by atoms with Gasteiger partial charge in [-0.15, -0.1) is 0 Å². The number of carbonyl (C=O) groups excluding carboxylic acids is 1. The number of pyridine rings is 1. The van der Waals surface area contributed by atoms with Crippen molar-refractivity contribution in [3.05, 3.63) is 48.0 Å². The molecule has 0 unspecified atom stereocenters. The Morgan fingerprint density at radius 1 is 1.09 bits per heavy atom. The van der Waals surface area contributed by atoms with E-state index < -0.39 is 0 Å². The smallest absolute Gasteiger partial charge is 0.289 e. The first-order valence-corrected chi connectivity index (χ1v) is 11.4. The zero-order valence-electron chi connectivity index (χ0n) is 19.0. The molecule has 0 aliphatic carbocycles. The van der Waals surface area contributed by atoms with E-state index in [1.807, 2.05) is 17.2 Å². The lowest BCUT2D eigenvalue weighted by molar-refractivity contribution is 0.0657. The second kappa shape index (κ2) is 10.5. The maximum Gasteiger partial charge on any atom is 0.289 e. The van der Waals surface area contributed by atoms with Gasteiger partial charge in [0.05, 0.1) is 6.26 Å². The average molecular weight is 440 g/mol. The first kappa shape index (κ1) is 22.1. The Balaban J connectivity index is 1.28. The quantitative estimate of drug-likeness (QED) is 0.556. The molecule has 172 valence electrons. The van der Waals surface area contributed by atoms with Gasteiger partial charge in [-0.2, -0.15) is 0 Å². The maximum absolute atomic E-state index is 12.5. The van der Waals surface area contributed by atoms with Crippen molar-refractivity contribution in [3.8, 4) is 0 Å². The van der Waals surface area contributed by atoms with Crippen LogP contribution < -0.4 is 10.2 Å². The lowest BCUT2D eigenvalue weighted by Crippen LogP contribution is -2.53. The molecule has 2 aliphatic rings. The van der Waals surface area contributed by atoms with E-state index in [-0.39, 0.29) is 5.91 Å². The van der Waals surface area contributed by atoms with Crippen molar-refractivity contribution in [2.75, 3.05) is 70.9 Å². The second-order valence-corrected chi connectivity index (χ2v) is 8.10. The molecule has 2 aliphatic heterocycles.